The monoisotopic (exact) mass is 286 g/mol. The minimum absolute atomic E-state index is 0.382. The van der Waals surface area contributed by atoms with Crippen LogP contribution in [0, 0.1) is 13.8 Å². The summed E-state index contributed by atoms with van der Waals surface area (Å²) >= 11 is 6.03. The predicted octanol–water partition coefficient (Wildman–Crippen LogP) is 3.23. The highest BCUT2D eigenvalue weighted by molar-refractivity contribution is 6.16. The summed E-state index contributed by atoms with van der Waals surface area (Å²) in [4.78, 5) is 13.3. The van der Waals surface area contributed by atoms with Crippen LogP contribution in [0.5, 0.6) is 0 Å². The largest absolute Gasteiger partial charge is 0.321 e. The van der Waals surface area contributed by atoms with E-state index in [4.69, 9.17) is 11.6 Å². The van der Waals surface area contributed by atoms with Crippen molar-refractivity contribution in [3.05, 3.63) is 53.4 Å². The van der Waals surface area contributed by atoms with Gasteiger partial charge in [0.1, 0.15) is 5.82 Å². The standard InChI is InChI=1S/C15H15ClN4/c1-10-4-3-5-13-15(10)19-14(6-16)20(13)9-12-8-17-11(2)7-18-12/h3-5,7-8H,6,9H2,1-2H3. The van der Waals surface area contributed by atoms with Crippen molar-refractivity contribution in [3.8, 4) is 0 Å². The van der Waals surface area contributed by atoms with Crippen molar-refractivity contribution in [3.63, 3.8) is 0 Å². The van der Waals surface area contributed by atoms with E-state index in [0.717, 1.165) is 33.8 Å². The molecular formula is C15H15ClN4. The van der Waals surface area contributed by atoms with Crippen LogP contribution in [0.4, 0.5) is 0 Å². The van der Waals surface area contributed by atoms with Crippen LogP contribution < -0.4 is 0 Å². The second kappa shape index (κ2) is 5.21. The van der Waals surface area contributed by atoms with E-state index in [1.54, 1.807) is 12.4 Å². The number of rotatable bonds is 3. The van der Waals surface area contributed by atoms with E-state index in [2.05, 4.69) is 38.6 Å². The molecule has 0 saturated heterocycles. The van der Waals surface area contributed by atoms with Crippen molar-refractivity contribution >= 4 is 22.6 Å². The van der Waals surface area contributed by atoms with Gasteiger partial charge in [-0.15, -0.1) is 11.6 Å². The number of aromatic nitrogens is 4. The van der Waals surface area contributed by atoms with Crippen LogP contribution in [-0.2, 0) is 12.4 Å². The molecule has 0 spiro atoms. The third-order valence-electron chi connectivity index (χ3n) is 3.33. The van der Waals surface area contributed by atoms with Crippen molar-refractivity contribution < 1.29 is 0 Å². The van der Waals surface area contributed by atoms with Gasteiger partial charge in [0.2, 0.25) is 0 Å². The summed E-state index contributed by atoms with van der Waals surface area (Å²) in [6.07, 6.45) is 3.58. The highest BCUT2D eigenvalue weighted by Crippen LogP contribution is 2.21. The summed E-state index contributed by atoms with van der Waals surface area (Å²) in [7, 11) is 0. The molecule has 2 heterocycles. The molecule has 0 aliphatic carbocycles. The first kappa shape index (κ1) is 13.1. The second-order valence-corrected chi connectivity index (χ2v) is 5.11. The molecule has 0 unspecified atom stereocenters. The molecule has 0 atom stereocenters. The van der Waals surface area contributed by atoms with Gasteiger partial charge in [-0.1, -0.05) is 12.1 Å². The second-order valence-electron chi connectivity index (χ2n) is 4.84. The summed E-state index contributed by atoms with van der Waals surface area (Å²) in [5.74, 6) is 1.24. The number of hydrogen-bond donors (Lipinski definition) is 0. The first-order valence-corrected chi connectivity index (χ1v) is 7.00. The zero-order valence-electron chi connectivity index (χ0n) is 11.5. The molecule has 102 valence electrons. The molecule has 0 aliphatic heterocycles. The topological polar surface area (TPSA) is 43.6 Å². The smallest absolute Gasteiger partial charge is 0.125 e. The van der Waals surface area contributed by atoms with Gasteiger partial charge in [-0.3, -0.25) is 9.97 Å². The lowest BCUT2D eigenvalue weighted by atomic mass is 10.2. The Morgan fingerprint density at radius 2 is 2.00 bits per heavy atom. The van der Waals surface area contributed by atoms with E-state index in [1.807, 2.05) is 13.0 Å². The predicted molar refractivity (Wildman–Crippen MR) is 79.9 cm³/mol. The van der Waals surface area contributed by atoms with Crippen LogP contribution in [-0.4, -0.2) is 19.5 Å². The zero-order chi connectivity index (χ0) is 14.1. The Labute approximate surface area is 122 Å². The lowest BCUT2D eigenvalue weighted by Gasteiger charge is -2.07. The van der Waals surface area contributed by atoms with E-state index < -0.39 is 0 Å². The quantitative estimate of drug-likeness (QED) is 0.694. The molecule has 5 heteroatoms. The normalized spacial score (nSPS) is 11.2. The molecule has 20 heavy (non-hydrogen) atoms. The van der Waals surface area contributed by atoms with E-state index in [-0.39, 0.29) is 0 Å². The van der Waals surface area contributed by atoms with E-state index in [0.29, 0.717) is 12.4 Å². The fraction of sp³-hybridized carbons (Fsp3) is 0.267. The number of fused-ring (bicyclic) bond motifs is 1. The van der Waals surface area contributed by atoms with Crippen molar-refractivity contribution in [2.24, 2.45) is 0 Å². The van der Waals surface area contributed by atoms with E-state index in [9.17, 15) is 0 Å². The van der Waals surface area contributed by atoms with Crippen molar-refractivity contribution in [1.29, 1.82) is 0 Å². The molecule has 3 rings (SSSR count). The molecule has 1 aromatic carbocycles. The fourth-order valence-corrected chi connectivity index (χ4v) is 2.48. The van der Waals surface area contributed by atoms with Crippen LogP contribution >= 0.6 is 11.6 Å². The van der Waals surface area contributed by atoms with Gasteiger partial charge >= 0.3 is 0 Å². The first-order valence-electron chi connectivity index (χ1n) is 6.47. The van der Waals surface area contributed by atoms with Gasteiger partial charge in [0.25, 0.3) is 0 Å². The van der Waals surface area contributed by atoms with Crippen molar-refractivity contribution in [2.45, 2.75) is 26.3 Å². The SMILES string of the molecule is Cc1cnc(Cn2c(CCl)nc3c(C)cccc32)cn1. The Kier molecular flexibility index (Phi) is 3.40. The summed E-state index contributed by atoms with van der Waals surface area (Å²) in [6.45, 7) is 4.62. The lowest BCUT2D eigenvalue weighted by molar-refractivity contribution is 0.751. The maximum Gasteiger partial charge on any atom is 0.125 e. The molecule has 0 amide bonds. The average Bonchev–Trinajstić information content (AvgIpc) is 2.81. The maximum atomic E-state index is 6.03. The van der Waals surface area contributed by atoms with Crippen molar-refractivity contribution in [2.75, 3.05) is 0 Å². The Hall–Kier alpha value is -1.94. The lowest BCUT2D eigenvalue weighted by Crippen LogP contribution is -2.06. The molecule has 0 saturated carbocycles. The number of nitrogens with zero attached hydrogens (tertiary/aromatic N) is 4. The zero-order valence-corrected chi connectivity index (χ0v) is 12.2. The number of hydrogen-bond acceptors (Lipinski definition) is 3. The molecule has 0 N–H and O–H groups in total. The minimum atomic E-state index is 0.382. The van der Waals surface area contributed by atoms with E-state index in [1.165, 1.54) is 0 Å². The minimum Gasteiger partial charge on any atom is -0.321 e. The van der Waals surface area contributed by atoms with Crippen LogP contribution in [0.3, 0.4) is 0 Å². The summed E-state index contributed by atoms with van der Waals surface area (Å²) in [6, 6.07) is 6.16. The highest BCUT2D eigenvalue weighted by atomic mass is 35.5. The summed E-state index contributed by atoms with van der Waals surface area (Å²) < 4.78 is 2.11. The molecule has 4 nitrogen and oxygen atoms in total. The van der Waals surface area contributed by atoms with Crippen LogP contribution in [0.25, 0.3) is 11.0 Å². The van der Waals surface area contributed by atoms with Gasteiger partial charge < -0.3 is 4.57 Å². The number of benzene rings is 1. The Morgan fingerprint density at radius 1 is 1.15 bits per heavy atom. The molecular weight excluding hydrogens is 272 g/mol. The summed E-state index contributed by atoms with van der Waals surface area (Å²) in [5, 5.41) is 0. The van der Waals surface area contributed by atoms with Gasteiger partial charge in [-0.2, -0.15) is 0 Å². The maximum absolute atomic E-state index is 6.03. The molecule has 2 aromatic heterocycles. The number of alkyl halides is 1. The van der Waals surface area contributed by atoms with Crippen LogP contribution in [0.15, 0.2) is 30.6 Å². The molecule has 0 fully saturated rings. The molecule has 0 aliphatic rings. The Balaban J connectivity index is 2.10. The first-order chi connectivity index (χ1) is 9.69. The number of imidazole rings is 1. The Morgan fingerprint density at radius 3 is 2.70 bits per heavy atom. The van der Waals surface area contributed by atoms with Gasteiger partial charge in [0.15, 0.2) is 0 Å². The van der Waals surface area contributed by atoms with Gasteiger partial charge in [0.05, 0.1) is 41.0 Å². The fourth-order valence-electron chi connectivity index (χ4n) is 2.28. The van der Waals surface area contributed by atoms with Crippen LogP contribution in [0.2, 0.25) is 0 Å². The average molecular weight is 287 g/mol. The van der Waals surface area contributed by atoms with Crippen LogP contribution in [0.1, 0.15) is 22.8 Å². The number of aryl methyl sites for hydroxylation is 2. The van der Waals surface area contributed by atoms with Crippen molar-refractivity contribution in [1.82, 2.24) is 19.5 Å². The van der Waals surface area contributed by atoms with Gasteiger partial charge in [0, 0.05) is 6.20 Å². The van der Waals surface area contributed by atoms with Gasteiger partial charge in [-0.25, -0.2) is 4.98 Å². The molecule has 0 radical (unpaired) electrons. The Bertz CT molecular complexity index is 746. The van der Waals surface area contributed by atoms with Gasteiger partial charge in [-0.05, 0) is 25.5 Å². The summed E-state index contributed by atoms with van der Waals surface area (Å²) in [5.41, 5.74) is 5.06. The third kappa shape index (κ3) is 2.27. The number of para-hydroxylation sites is 1. The number of halogens is 1. The molecule has 0 bridgehead atoms. The highest BCUT2D eigenvalue weighted by Gasteiger charge is 2.12. The third-order valence-corrected chi connectivity index (χ3v) is 3.57. The molecule has 3 aromatic rings. The van der Waals surface area contributed by atoms with E-state index >= 15 is 0 Å².